The molecule has 1 saturated carbocycles. The van der Waals surface area contributed by atoms with Gasteiger partial charge in [0.15, 0.2) is 0 Å². The Morgan fingerprint density at radius 3 is 2.55 bits per heavy atom. The number of aromatic nitrogens is 5. The fourth-order valence-corrected chi connectivity index (χ4v) is 5.09. The van der Waals surface area contributed by atoms with E-state index in [2.05, 4.69) is 30.3 Å². The first-order valence-corrected chi connectivity index (χ1v) is 11.6. The molecule has 0 spiro atoms. The van der Waals surface area contributed by atoms with Gasteiger partial charge in [0, 0.05) is 42.0 Å². The summed E-state index contributed by atoms with van der Waals surface area (Å²) in [5.41, 5.74) is 0.975. The number of piperidine rings is 1. The van der Waals surface area contributed by atoms with E-state index in [0.29, 0.717) is 23.8 Å². The molecule has 1 aliphatic carbocycles. The van der Waals surface area contributed by atoms with E-state index in [1.165, 1.54) is 12.1 Å². The zero-order valence-electron chi connectivity index (χ0n) is 18.9. The van der Waals surface area contributed by atoms with Crippen LogP contribution in [0.25, 0.3) is 0 Å². The number of nitrogens with one attached hydrogen (secondary N) is 1. The summed E-state index contributed by atoms with van der Waals surface area (Å²) >= 11 is 5.97. The normalized spacial score (nSPS) is 22.1. The molecule has 8 nitrogen and oxygen atoms in total. The number of hydrogen-bond acceptors (Lipinski definition) is 7. The van der Waals surface area contributed by atoms with Gasteiger partial charge in [-0.25, -0.2) is 19.0 Å². The molecule has 3 aromatic rings. The number of nitrogens with zero attached hydrogens (tertiary/aromatic N) is 6. The van der Waals surface area contributed by atoms with E-state index in [1.54, 1.807) is 17.1 Å². The van der Waals surface area contributed by atoms with E-state index in [4.69, 9.17) is 16.3 Å². The molecule has 10 heteroatoms. The molecule has 3 heterocycles. The molecule has 1 saturated heterocycles. The van der Waals surface area contributed by atoms with Crippen molar-refractivity contribution in [1.82, 2.24) is 24.7 Å². The predicted molar refractivity (Wildman–Crippen MR) is 124 cm³/mol. The van der Waals surface area contributed by atoms with Crippen molar-refractivity contribution in [3.05, 3.63) is 47.1 Å². The maximum Gasteiger partial charge on any atom is 0.322 e. The third-order valence-corrected chi connectivity index (χ3v) is 6.60. The minimum absolute atomic E-state index is 0.0201. The maximum absolute atomic E-state index is 13.7. The molecule has 5 rings (SSSR count). The quantitative estimate of drug-likeness (QED) is 0.549. The number of rotatable bonds is 6. The topological polar surface area (TPSA) is 81.0 Å². The second kappa shape index (κ2) is 8.78. The van der Waals surface area contributed by atoms with Crippen LogP contribution in [0, 0.1) is 24.6 Å². The van der Waals surface area contributed by atoms with E-state index < -0.39 is 5.82 Å². The van der Waals surface area contributed by atoms with Crippen molar-refractivity contribution in [2.45, 2.75) is 45.7 Å². The largest absolute Gasteiger partial charge is 0.424 e. The average Bonchev–Trinajstić information content (AvgIpc) is 3.23. The molecule has 1 unspecified atom stereocenters. The number of fused-ring (bicyclic) bond motifs is 2. The molecular weight excluding hydrogens is 445 g/mol. The van der Waals surface area contributed by atoms with Gasteiger partial charge in [0.2, 0.25) is 5.95 Å². The summed E-state index contributed by atoms with van der Waals surface area (Å²) in [7, 11) is 0. The summed E-state index contributed by atoms with van der Waals surface area (Å²) in [5.74, 6) is 2.27. The number of benzene rings is 1. The molecule has 3 atom stereocenters. The molecule has 2 fully saturated rings. The van der Waals surface area contributed by atoms with E-state index in [-0.39, 0.29) is 22.9 Å². The lowest BCUT2D eigenvalue weighted by Crippen LogP contribution is -2.48. The van der Waals surface area contributed by atoms with Crippen LogP contribution < -0.4 is 15.0 Å². The zero-order valence-corrected chi connectivity index (χ0v) is 19.6. The van der Waals surface area contributed by atoms with Crippen LogP contribution in [0.5, 0.6) is 11.8 Å². The lowest BCUT2D eigenvalue weighted by Gasteiger charge is -2.38. The van der Waals surface area contributed by atoms with Gasteiger partial charge in [0.05, 0.1) is 6.04 Å². The van der Waals surface area contributed by atoms with Crippen LogP contribution in [0.3, 0.4) is 0 Å². The number of anilines is 2. The zero-order chi connectivity index (χ0) is 23.1. The Hall–Kier alpha value is -2.94. The Kier molecular flexibility index (Phi) is 5.82. The summed E-state index contributed by atoms with van der Waals surface area (Å²) in [6.45, 7) is 7.84. The summed E-state index contributed by atoms with van der Waals surface area (Å²) in [4.78, 5) is 15.6. The van der Waals surface area contributed by atoms with Crippen molar-refractivity contribution in [3.8, 4) is 11.8 Å². The molecule has 0 amide bonds. The second-order valence-corrected chi connectivity index (χ2v) is 9.59. The Bertz CT molecular complexity index is 1120. The van der Waals surface area contributed by atoms with Crippen molar-refractivity contribution in [3.63, 3.8) is 0 Å². The fourth-order valence-electron chi connectivity index (χ4n) is 4.88. The number of aryl methyl sites for hydroxylation is 1. The predicted octanol–water partition coefficient (Wildman–Crippen LogP) is 4.87. The molecule has 0 radical (unpaired) electrons. The third kappa shape index (κ3) is 4.59. The summed E-state index contributed by atoms with van der Waals surface area (Å²) in [5, 5.41) is 8.47. The second-order valence-electron chi connectivity index (χ2n) is 9.15. The van der Waals surface area contributed by atoms with Crippen LogP contribution in [0.2, 0.25) is 5.02 Å². The first kappa shape index (κ1) is 21.9. The highest BCUT2D eigenvalue weighted by atomic mass is 35.5. The van der Waals surface area contributed by atoms with Gasteiger partial charge in [-0.1, -0.05) is 11.6 Å². The van der Waals surface area contributed by atoms with Crippen LogP contribution in [0.15, 0.2) is 30.6 Å². The monoisotopic (exact) mass is 471 g/mol. The SMILES string of the molecule is Cc1cc(N2C[C@H]3CC[C@@H](C2)C3Nc2nc(Oc3cc(F)cc(Cl)c3)n(C(C)C)n2)ncn1. The maximum atomic E-state index is 13.7. The standard InChI is InChI=1S/C23H27ClFN7O/c1-13(2)32-23(33-19-8-17(24)7-18(25)9-19)29-22(30-32)28-21-15-4-5-16(21)11-31(10-15)20-6-14(3)26-12-27-20/h6-9,12-13,15-16,21H,4-5,10-11H2,1-3H3,(H,28,30)/t15-,16+,21?. The first-order valence-electron chi connectivity index (χ1n) is 11.3. The average molecular weight is 472 g/mol. The van der Waals surface area contributed by atoms with E-state index in [0.717, 1.165) is 37.4 Å². The van der Waals surface area contributed by atoms with E-state index >= 15 is 0 Å². The third-order valence-electron chi connectivity index (χ3n) is 6.38. The van der Waals surface area contributed by atoms with Gasteiger partial charge >= 0.3 is 6.01 Å². The molecule has 33 heavy (non-hydrogen) atoms. The lowest BCUT2D eigenvalue weighted by atomic mass is 9.92. The van der Waals surface area contributed by atoms with Crippen molar-refractivity contribution < 1.29 is 9.13 Å². The van der Waals surface area contributed by atoms with Crippen molar-refractivity contribution in [2.24, 2.45) is 11.8 Å². The van der Waals surface area contributed by atoms with Gasteiger partial charge in [0.25, 0.3) is 0 Å². The van der Waals surface area contributed by atoms with E-state index in [1.807, 2.05) is 26.8 Å². The summed E-state index contributed by atoms with van der Waals surface area (Å²) in [6, 6.07) is 6.72. The number of hydrogen-bond donors (Lipinski definition) is 1. The van der Waals surface area contributed by atoms with Crippen molar-refractivity contribution in [2.75, 3.05) is 23.3 Å². The highest BCUT2D eigenvalue weighted by Gasteiger charge is 2.43. The van der Waals surface area contributed by atoms with Crippen LogP contribution in [0.1, 0.15) is 38.4 Å². The summed E-state index contributed by atoms with van der Waals surface area (Å²) in [6.07, 6.45) is 3.94. The Balaban J connectivity index is 1.33. The Morgan fingerprint density at radius 2 is 1.88 bits per heavy atom. The Morgan fingerprint density at radius 1 is 1.12 bits per heavy atom. The molecule has 1 N–H and O–H groups in total. The van der Waals surface area contributed by atoms with E-state index in [9.17, 15) is 4.39 Å². The van der Waals surface area contributed by atoms with Crippen LogP contribution in [-0.2, 0) is 0 Å². The molecule has 2 bridgehead atoms. The fraction of sp³-hybridized carbons (Fsp3) is 0.478. The molecule has 174 valence electrons. The Labute approximate surface area is 197 Å². The number of ether oxygens (including phenoxy) is 1. The molecular formula is C23H27ClFN7O. The van der Waals surface area contributed by atoms with Crippen molar-refractivity contribution >= 4 is 23.4 Å². The highest BCUT2D eigenvalue weighted by molar-refractivity contribution is 6.30. The van der Waals surface area contributed by atoms with Crippen LogP contribution in [0.4, 0.5) is 16.2 Å². The van der Waals surface area contributed by atoms with Gasteiger partial charge in [-0.2, -0.15) is 4.98 Å². The van der Waals surface area contributed by atoms with Gasteiger partial charge in [-0.15, -0.1) is 5.10 Å². The van der Waals surface area contributed by atoms with Crippen LogP contribution in [-0.4, -0.2) is 43.9 Å². The van der Waals surface area contributed by atoms with Gasteiger partial charge in [-0.05, 0) is 57.6 Å². The highest BCUT2D eigenvalue weighted by Crippen LogP contribution is 2.40. The first-order chi connectivity index (χ1) is 15.9. The molecule has 2 aliphatic rings. The minimum Gasteiger partial charge on any atom is -0.424 e. The lowest BCUT2D eigenvalue weighted by molar-refractivity contribution is 0.373. The van der Waals surface area contributed by atoms with Gasteiger partial charge in [-0.3, -0.25) is 0 Å². The van der Waals surface area contributed by atoms with Gasteiger partial charge in [0.1, 0.15) is 23.7 Å². The minimum atomic E-state index is -0.464. The molecule has 1 aliphatic heterocycles. The summed E-state index contributed by atoms with van der Waals surface area (Å²) < 4.78 is 21.3. The smallest absolute Gasteiger partial charge is 0.322 e. The molecule has 2 aromatic heterocycles. The van der Waals surface area contributed by atoms with Crippen LogP contribution >= 0.6 is 11.6 Å². The van der Waals surface area contributed by atoms with Gasteiger partial charge < -0.3 is 15.0 Å². The van der Waals surface area contributed by atoms with Crippen molar-refractivity contribution in [1.29, 1.82) is 0 Å². The number of halogens is 2. The molecule has 1 aromatic carbocycles.